The molecular weight excluding hydrogens is 129 g/mol. The zero-order valence-electron chi connectivity index (χ0n) is 2.78. The second-order valence-electron chi connectivity index (χ2n) is 0. The molecule has 0 amide bonds. The molecule has 0 spiro atoms. The van der Waals surface area contributed by atoms with Crippen molar-refractivity contribution in [1.29, 1.82) is 0 Å². The molecule has 1 nitrogen and oxygen atoms in total. The van der Waals surface area contributed by atoms with Crippen LogP contribution in [-0.4, -0.2) is 0 Å². The van der Waals surface area contributed by atoms with E-state index in [-0.39, 0.29) is 32.4 Å². The molecular formula is C2H7NZr. The van der Waals surface area contributed by atoms with E-state index >= 15 is 0 Å². The molecule has 2 N–H and O–H groups in total. The quantitative estimate of drug-likeness (QED) is 0.453. The summed E-state index contributed by atoms with van der Waals surface area (Å²) in [6.45, 7) is 5.00. The molecule has 4 heavy (non-hydrogen) atoms. The van der Waals surface area contributed by atoms with Crippen molar-refractivity contribution in [1.82, 2.24) is 0 Å². The van der Waals surface area contributed by atoms with Gasteiger partial charge in [0, 0.05) is 0 Å². The Morgan fingerprint density at radius 3 is 1.25 bits per heavy atom. The van der Waals surface area contributed by atoms with Gasteiger partial charge in [-0.2, -0.15) is 6.92 Å². The minimum atomic E-state index is 0. The molecule has 0 heterocycles. The van der Waals surface area contributed by atoms with Crippen molar-refractivity contribution < 1.29 is 26.2 Å². The fraction of sp³-hybridized carbons (Fsp3) is 0.500. The van der Waals surface area contributed by atoms with E-state index in [4.69, 9.17) is 0 Å². The fourth-order valence-electron chi connectivity index (χ4n) is 0. The van der Waals surface area contributed by atoms with Crippen molar-refractivity contribution in [2.45, 2.75) is 6.92 Å². The van der Waals surface area contributed by atoms with E-state index in [9.17, 15) is 0 Å². The van der Waals surface area contributed by atoms with Gasteiger partial charge in [0.2, 0.25) is 0 Å². The summed E-state index contributed by atoms with van der Waals surface area (Å²) in [6, 6.07) is 0. The average molecular weight is 136 g/mol. The standard InChI is InChI=1S/C2H5.H2N.Zr/c1-2;;/h1H2,2H3;1H2;/q2*-1;+2. The summed E-state index contributed by atoms with van der Waals surface area (Å²) in [6.07, 6.45) is 0. The topological polar surface area (TPSA) is 33.5 Å². The molecule has 0 aliphatic heterocycles. The second kappa shape index (κ2) is 43.7. The third-order valence-electron chi connectivity index (χ3n) is 0. The summed E-state index contributed by atoms with van der Waals surface area (Å²) in [5.74, 6) is 0. The maximum Gasteiger partial charge on any atom is 2.00 e. The van der Waals surface area contributed by atoms with E-state index in [2.05, 4.69) is 6.92 Å². The van der Waals surface area contributed by atoms with E-state index in [1.807, 2.05) is 0 Å². The van der Waals surface area contributed by atoms with Crippen LogP contribution in [0.15, 0.2) is 0 Å². The molecule has 0 aromatic carbocycles. The second-order valence-corrected chi connectivity index (χ2v) is 0. The smallest absolute Gasteiger partial charge is 0.693 e. The number of hydrogen-bond acceptors (Lipinski definition) is 0. The van der Waals surface area contributed by atoms with E-state index in [1.54, 1.807) is 6.92 Å². The third-order valence-corrected chi connectivity index (χ3v) is 0. The van der Waals surface area contributed by atoms with Gasteiger partial charge in [-0.15, -0.1) is 0 Å². The zero-order chi connectivity index (χ0) is 2.00. The van der Waals surface area contributed by atoms with Crippen LogP contribution in [0, 0.1) is 6.92 Å². The van der Waals surface area contributed by atoms with Gasteiger partial charge >= 0.3 is 26.2 Å². The Labute approximate surface area is 46.5 Å². The van der Waals surface area contributed by atoms with Crippen LogP contribution in [0.5, 0.6) is 0 Å². The Kier molecular flexibility index (Phi) is 230. The predicted molar refractivity (Wildman–Crippen MR) is 16.3 cm³/mol. The van der Waals surface area contributed by atoms with E-state index in [0.717, 1.165) is 0 Å². The van der Waals surface area contributed by atoms with Crippen LogP contribution in [-0.2, 0) is 26.2 Å². The van der Waals surface area contributed by atoms with Gasteiger partial charge < -0.3 is 13.1 Å². The molecule has 0 saturated heterocycles. The summed E-state index contributed by atoms with van der Waals surface area (Å²) in [5.41, 5.74) is 0. The fourth-order valence-corrected chi connectivity index (χ4v) is 0. The molecule has 24 valence electrons. The van der Waals surface area contributed by atoms with E-state index in [1.165, 1.54) is 0 Å². The van der Waals surface area contributed by atoms with Crippen LogP contribution in [0.2, 0.25) is 0 Å². The van der Waals surface area contributed by atoms with Gasteiger partial charge in [-0.05, 0) is 0 Å². The maximum atomic E-state index is 3.25. The Hall–Kier alpha value is 0.843. The van der Waals surface area contributed by atoms with Crippen LogP contribution >= 0.6 is 0 Å². The average Bonchev–Trinajstić information content (AvgIpc) is 1.00. The monoisotopic (exact) mass is 135 g/mol. The van der Waals surface area contributed by atoms with Gasteiger partial charge in [0.15, 0.2) is 0 Å². The molecule has 0 saturated carbocycles. The molecule has 0 fully saturated rings. The summed E-state index contributed by atoms with van der Waals surface area (Å²) < 4.78 is 0. The van der Waals surface area contributed by atoms with Crippen molar-refractivity contribution in [3.05, 3.63) is 13.1 Å². The molecule has 0 unspecified atom stereocenters. The number of nitrogens with two attached hydrogens (primary N) is 1. The first kappa shape index (κ1) is 21.1. The van der Waals surface area contributed by atoms with Gasteiger partial charge in [-0.3, -0.25) is 0 Å². The van der Waals surface area contributed by atoms with Gasteiger partial charge in [0.05, 0.1) is 0 Å². The molecule has 0 aliphatic carbocycles. The molecule has 0 aliphatic rings. The summed E-state index contributed by atoms with van der Waals surface area (Å²) >= 11 is 0. The van der Waals surface area contributed by atoms with Crippen molar-refractivity contribution in [3.63, 3.8) is 0 Å². The van der Waals surface area contributed by atoms with Crippen molar-refractivity contribution in [3.8, 4) is 0 Å². The zero-order valence-corrected chi connectivity index (χ0v) is 5.24. The third kappa shape index (κ3) is 13.6. The van der Waals surface area contributed by atoms with Crippen LogP contribution < -0.4 is 0 Å². The molecule has 0 aromatic rings. The first-order chi connectivity index (χ1) is 1.00. The molecule has 2 heteroatoms. The van der Waals surface area contributed by atoms with Crippen molar-refractivity contribution in [2.24, 2.45) is 0 Å². The molecule has 0 aromatic heterocycles. The van der Waals surface area contributed by atoms with Gasteiger partial charge in [-0.1, -0.05) is 0 Å². The van der Waals surface area contributed by atoms with Crippen LogP contribution in [0.4, 0.5) is 0 Å². The van der Waals surface area contributed by atoms with Crippen molar-refractivity contribution in [2.75, 3.05) is 0 Å². The van der Waals surface area contributed by atoms with Gasteiger partial charge in [0.25, 0.3) is 0 Å². The molecule has 0 atom stereocenters. The Bertz CT molecular complexity index is 6.00. The Morgan fingerprint density at radius 1 is 1.25 bits per heavy atom. The summed E-state index contributed by atoms with van der Waals surface area (Å²) in [4.78, 5) is 0. The first-order valence-electron chi connectivity index (χ1n) is 0.707. The van der Waals surface area contributed by atoms with Crippen molar-refractivity contribution >= 4 is 0 Å². The SMILES string of the molecule is [CH2-]C.[NH2-].[Zr+2]. The number of rotatable bonds is 0. The molecule has 0 bridgehead atoms. The maximum absolute atomic E-state index is 3.25. The molecule has 0 radical (unpaired) electrons. The summed E-state index contributed by atoms with van der Waals surface area (Å²) in [5, 5.41) is 0. The normalized spacial score (nSPS) is 1.50. The minimum absolute atomic E-state index is 0. The largest absolute Gasteiger partial charge is 2.00 e. The van der Waals surface area contributed by atoms with Crippen LogP contribution in [0.3, 0.4) is 0 Å². The Balaban J connectivity index is -0.00000000500. The molecule has 0 rings (SSSR count). The van der Waals surface area contributed by atoms with E-state index in [0.29, 0.717) is 0 Å². The van der Waals surface area contributed by atoms with Gasteiger partial charge in [0.1, 0.15) is 0 Å². The minimum Gasteiger partial charge on any atom is -0.693 e. The van der Waals surface area contributed by atoms with Gasteiger partial charge in [-0.25, -0.2) is 0 Å². The van der Waals surface area contributed by atoms with Crippen LogP contribution in [0.1, 0.15) is 6.92 Å². The first-order valence-corrected chi connectivity index (χ1v) is 0.707. The number of hydrogen-bond donors (Lipinski definition) is 0. The predicted octanol–water partition coefficient (Wildman–Crippen LogP) is 1.55. The van der Waals surface area contributed by atoms with E-state index < -0.39 is 0 Å². The van der Waals surface area contributed by atoms with Crippen LogP contribution in [0.25, 0.3) is 6.15 Å². The Morgan fingerprint density at radius 2 is 1.25 bits per heavy atom. The summed E-state index contributed by atoms with van der Waals surface area (Å²) in [7, 11) is 0.